The van der Waals surface area contributed by atoms with Crippen molar-refractivity contribution in [3.05, 3.63) is 35.9 Å². The number of hydrogen-bond acceptors (Lipinski definition) is 4. The minimum Gasteiger partial charge on any atom is -0.449 e. The van der Waals surface area contributed by atoms with Crippen LogP contribution in [-0.4, -0.2) is 30.8 Å². The van der Waals surface area contributed by atoms with Gasteiger partial charge in [0.15, 0.2) is 6.10 Å². The summed E-state index contributed by atoms with van der Waals surface area (Å²) in [7, 11) is 0. The fraction of sp³-hybridized carbons (Fsp3) is 0.500. The maximum atomic E-state index is 12.1. The highest BCUT2D eigenvalue weighted by atomic mass is 32.2. The van der Waals surface area contributed by atoms with Crippen molar-refractivity contribution in [2.45, 2.75) is 50.0 Å². The second kappa shape index (κ2) is 10.3. The molecule has 1 aliphatic carbocycles. The topological polar surface area (TPSA) is 55.4 Å². The van der Waals surface area contributed by atoms with Crippen molar-refractivity contribution in [3.8, 4) is 0 Å². The van der Waals surface area contributed by atoms with E-state index in [-0.39, 0.29) is 5.91 Å². The lowest BCUT2D eigenvalue weighted by atomic mass is 9.89. The van der Waals surface area contributed by atoms with Gasteiger partial charge in [-0.15, -0.1) is 11.8 Å². The second-order valence-corrected chi connectivity index (χ2v) is 7.31. The zero-order chi connectivity index (χ0) is 18.1. The monoisotopic (exact) mass is 361 g/mol. The molecule has 0 aliphatic heterocycles. The van der Waals surface area contributed by atoms with E-state index in [0.29, 0.717) is 12.5 Å². The van der Waals surface area contributed by atoms with Crippen LogP contribution in [-0.2, 0) is 14.3 Å². The molecule has 25 heavy (non-hydrogen) atoms. The lowest BCUT2D eigenvalue weighted by Crippen LogP contribution is -2.38. The van der Waals surface area contributed by atoms with E-state index >= 15 is 0 Å². The smallest absolute Gasteiger partial charge is 0.331 e. The first kappa shape index (κ1) is 19.6. The molecule has 1 N–H and O–H groups in total. The first-order valence-corrected chi connectivity index (χ1v) is 10.1. The number of rotatable bonds is 7. The Bertz CT molecular complexity index is 591. The summed E-state index contributed by atoms with van der Waals surface area (Å²) in [6.45, 7) is 2.29. The van der Waals surface area contributed by atoms with Gasteiger partial charge in [-0.3, -0.25) is 4.79 Å². The minimum atomic E-state index is -0.778. The molecule has 1 amide bonds. The molecule has 0 bridgehead atoms. The third-order valence-corrected chi connectivity index (χ3v) is 5.22. The third kappa shape index (κ3) is 6.94. The van der Waals surface area contributed by atoms with Gasteiger partial charge >= 0.3 is 5.97 Å². The van der Waals surface area contributed by atoms with Gasteiger partial charge in [-0.25, -0.2) is 4.79 Å². The van der Waals surface area contributed by atoms with Gasteiger partial charge in [0.25, 0.3) is 5.91 Å². The van der Waals surface area contributed by atoms with Crippen LogP contribution in [0.25, 0.3) is 6.08 Å². The molecule has 1 fully saturated rings. The van der Waals surface area contributed by atoms with Gasteiger partial charge in [0.05, 0.1) is 0 Å². The van der Waals surface area contributed by atoms with Crippen molar-refractivity contribution >= 4 is 29.7 Å². The summed E-state index contributed by atoms with van der Waals surface area (Å²) >= 11 is 1.67. The van der Waals surface area contributed by atoms with Crippen molar-refractivity contribution in [2.75, 3.05) is 12.8 Å². The van der Waals surface area contributed by atoms with Gasteiger partial charge < -0.3 is 10.1 Å². The zero-order valence-corrected chi connectivity index (χ0v) is 15.8. The largest absolute Gasteiger partial charge is 0.449 e. The van der Waals surface area contributed by atoms with E-state index in [4.69, 9.17) is 4.74 Å². The molecule has 0 saturated heterocycles. The van der Waals surface area contributed by atoms with E-state index in [2.05, 4.69) is 5.32 Å². The molecule has 0 heterocycles. The predicted molar refractivity (Wildman–Crippen MR) is 102 cm³/mol. The van der Waals surface area contributed by atoms with E-state index < -0.39 is 12.1 Å². The molecule has 5 heteroatoms. The summed E-state index contributed by atoms with van der Waals surface area (Å²) in [5.74, 6) is -0.171. The highest BCUT2D eigenvalue weighted by Gasteiger charge is 2.19. The second-order valence-electron chi connectivity index (χ2n) is 6.43. The highest BCUT2D eigenvalue weighted by Crippen LogP contribution is 2.22. The summed E-state index contributed by atoms with van der Waals surface area (Å²) in [6.07, 6.45) is 10.4. The molecule has 1 aromatic rings. The van der Waals surface area contributed by atoms with E-state index in [9.17, 15) is 9.59 Å². The quantitative estimate of drug-likeness (QED) is 0.452. The summed E-state index contributed by atoms with van der Waals surface area (Å²) in [5.41, 5.74) is 0.921. The zero-order valence-electron chi connectivity index (χ0n) is 15.0. The van der Waals surface area contributed by atoms with Crippen LogP contribution in [0.4, 0.5) is 0 Å². The molecule has 2 rings (SSSR count). The van der Waals surface area contributed by atoms with Crippen LogP contribution in [0.2, 0.25) is 0 Å². The molecule has 1 aromatic carbocycles. The van der Waals surface area contributed by atoms with Crippen LogP contribution >= 0.6 is 11.8 Å². The molecule has 1 atom stereocenters. The number of ether oxygens (including phenoxy) is 1. The van der Waals surface area contributed by atoms with Crippen molar-refractivity contribution < 1.29 is 14.3 Å². The van der Waals surface area contributed by atoms with Crippen molar-refractivity contribution in [1.29, 1.82) is 0 Å². The standard InChI is InChI=1S/C20H27NO3S/c1-15(20(23)21-14-17-6-4-3-5-7-17)24-19(22)13-10-16-8-11-18(25-2)12-9-16/h8-13,15,17H,3-7,14H2,1-2H3,(H,21,23)/b13-10+/t15-/m1/s1. The van der Waals surface area contributed by atoms with Crippen LogP contribution in [0.3, 0.4) is 0 Å². The number of hydrogen-bond donors (Lipinski definition) is 1. The Morgan fingerprint density at radius 3 is 2.56 bits per heavy atom. The van der Waals surface area contributed by atoms with E-state index in [1.54, 1.807) is 24.8 Å². The summed E-state index contributed by atoms with van der Waals surface area (Å²) in [4.78, 5) is 25.1. The molecule has 0 aromatic heterocycles. The number of esters is 1. The van der Waals surface area contributed by atoms with E-state index in [1.165, 1.54) is 43.1 Å². The summed E-state index contributed by atoms with van der Waals surface area (Å²) < 4.78 is 5.18. The van der Waals surface area contributed by atoms with Crippen molar-refractivity contribution in [3.63, 3.8) is 0 Å². The van der Waals surface area contributed by atoms with Gasteiger partial charge in [0.2, 0.25) is 0 Å². The first-order valence-electron chi connectivity index (χ1n) is 8.89. The number of carbonyl (C=O) groups excluding carboxylic acids is 2. The highest BCUT2D eigenvalue weighted by molar-refractivity contribution is 7.98. The van der Waals surface area contributed by atoms with Crippen LogP contribution < -0.4 is 5.32 Å². The number of nitrogens with one attached hydrogen (secondary N) is 1. The maximum Gasteiger partial charge on any atom is 0.331 e. The van der Waals surface area contributed by atoms with E-state index in [1.807, 2.05) is 30.5 Å². The Balaban J connectivity index is 1.74. The maximum absolute atomic E-state index is 12.1. The van der Waals surface area contributed by atoms with Crippen LogP contribution in [0.5, 0.6) is 0 Å². The molecular formula is C20H27NO3S. The molecular weight excluding hydrogens is 334 g/mol. The molecule has 1 aliphatic rings. The van der Waals surface area contributed by atoms with E-state index in [0.717, 1.165) is 5.56 Å². The Morgan fingerprint density at radius 1 is 1.24 bits per heavy atom. The number of amides is 1. The van der Waals surface area contributed by atoms with Gasteiger partial charge in [0, 0.05) is 17.5 Å². The average Bonchev–Trinajstić information content (AvgIpc) is 2.65. The third-order valence-electron chi connectivity index (χ3n) is 4.48. The molecule has 0 spiro atoms. The molecule has 136 valence electrons. The van der Waals surface area contributed by atoms with Gasteiger partial charge in [0.1, 0.15) is 0 Å². The van der Waals surface area contributed by atoms with Crippen molar-refractivity contribution in [2.24, 2.45) is 5.92 Å². The van der Waals surface area contributed by atoms with Gasteiger partial charge in [-0.05, 0) is 55.7 Å². The minimum absolute atomic E-state index is 0.225. The van der Waals surface area contributed by atoms with Crippen LogP contribution in [0.15, 0.2) is 35.2 Å². The summed E-state index contributed by atoms with van der Waals surface area (Å²) in [6, 6.07) is 7.87. The average molecular weight is 362 g/mol. The molecule has 0 unspecified atom stereocenters. The van der Waals surface area contributed by atoms with Crippen LogP contribution in [0, 0.1) is 5.92 Å². The fourth-order valence-electron chi connectivity index (χ4n) is 2.93. The number of benzene rings is 1. The fourth-order valence-corrected chi connectivity index (χ4v) is 3.33. The first-order chi connectivity index (χ1) is 12.1. The van der Waals surface area contributed by atoms with Gasteiger partial charge in [-0.1, -0.05) is 31.4 Å². The number of carbonyl (C=O) groups is 2. The van der Waals surface area contributed by atoms with Gasteiger partial charge in [-0.2, -0.15) is 0 Å². The molecule has 0 radical (unpaired) electrons. The SMILES string of the molecule is CSc1ccc(/C=C/C(=O)O[C@H](C)C(=O)NCC2CCCCC2)cc1. The molecule has 1 saturated carbocycles. The van der Waals surface area contributed by atoms with Crippen LogP contribution in [0.1, 0.15) is 44.6 Å². The lowest BCUT2D eigenvalue weighted by molar-refractivity contribution is -0.150. The predicted octanol–water partition coefficient (Wildman–Crippen LogP) is 4.05. The lowest BCUT2D eigenvalue weighted by Gasteiger charge is -2.22. The Hall–Kier alpha value is -1.75. The normalized spacial score (nSPS) is 16.6. The Labute approximate surface area is 154 Å². The molecule has 4 nitrogen and oxygen atoms in total. The Kier molecular flexibility index (Phi) is 8.06. The Morgan fingerprint density at radius 2 is 1.92 bits per heavy atom. The van der Waals surface area contributed by atoms with Crippen molar-refractivity contribution in [1.82, 2.24) is 5.32 Å². The summed E-state index contributed by atoms with van der Waals surface area (Å²) in [5, 5.41) is 2.90. The number of thioether (sulfide) groups is 1.